The second kappa shape index (κ2) is 17.4. The van der Waals surface area contributed by atoms with E-state index in [1.54, 1.807) is 36.4 Å². The molecule has 0 aliphatic carbocycles. The van der Waals surface area contributed by atoms with Crippen LogP contribution in [0.15, 0.2) is 155 Å². The van der Waals surface area contributed by atoms with Crippen molar-refractivity contribution in [2.75, 3.05) is 21.7 Å². The molecule has 0 saturated heterocycles. The van der Waals surface area contributed by atoms with Crippen LogP contribution in [0.4, 0.5) is 56.0 Å². The van der Waals surface area contributed by atoms with Crippen molar-refractivity contribution in [2.24, 2.45) is 20.5 Å². The maximum atomic E-state index is 13.0. The number of phenols is 2. The van der Waals surface area contributed by atoms with E-state index in [1.807, 2.05) is 0 Å². The summed E-state index contributed by atoms with van der Waals surface area (Å²) in [4.78, 5) is 9.60. The minimum Gasteiger partial charge on any atom is -0.507 e. The largest absolute Gasteiger partial charge is 0.507 e. The molecule has 11 N–H and O–H groups in total. The first-order chi connectivity index (χ1) is 30.9. The molecule has 2 amide bonds. The Bertz CT molecular complexity index is 3690. The van der Waals surface area contributed by atoms with Gasteiger partial charge in [-0.2, -0.15) is 33.7 Å². The Morgan fingerprint density at radius 3 is 1.59 bits per heavy atom. The van der Waals surface area contributed by atoms with Crippen molar-refractivity contribution < 1.29 is 66.9 Å². The molecule has 66 heavy (non-hydrogen) atoms. The molecule has 23 nitrogen and oxygen atoms in total. The standard InChI is InChI=1S/C39H30N8O15S4/c40-28-11-6-20-15-26(63(51,52)53)19-31(48)35(20)36(28)46-44-29-12-8-24(17-32(29)64(54,55)56)42-39(50)43-25-9-13-30(33(18-25)65(57,58)59)45-47-37-34(66(60,61)62)16-21-14-23(7-10-27(21)38(37)49)41-22-4-2-1-3-5-22/h1-19,41,48-49H,40H2,(H2,42,43,50)(H,51,52,53)(H,54,55,56)(H,57,58,59)(H,60,61,62). The van der Waals surface area contributed by atoms with Gasteiger partial charge in [-0.1, -0.05) is 24.3 Å². The number of phenolic OH excluding ortho intramolecular Hbond substituents is 2. The lowest BCUT2D eigenvalue weighted by Crippen LogP contribution is -2.19. The van der Waals surface area contributed by atoms with Gasteiger partial charge in [0.1, 0.15) is 43.2 Å². The van der Waals surface area contributed by atoms with Crippen LogP contribution < -0.4 is 21.7 Å². The second-order valence-electron chi connectivity index (χ2n) is 13.8. The number of azo groups is 2. The molecule has 7 rings (SSSR count). The number of fused-ring (bicyclic) bond motifs is 2. The number of hydrogen-bond acceptors (Lipinski definition) is 17. The number of amides is 2. The van der Waals surface area contributed by atoms with E-state index in [0.29, 0.717) is 11.4 Å². The number of nitrogens with zero attached hydrogens (tertiary/aromatic N) is 4. The number of hydrogen-bond donors (Lipinski definition) is 10. The van der Waals surface area contributed by atoms with Crippen LogP contribution in [-0.4, -0.2) is 68.1 Å². The van der Waals surface area contributed by atoms with Crippen molar-refractivity contribution in [1.29, 1.82) is 0 Å². The van der Waals surface area contributed by atoms with Crippen molar-refractivity contribution in [3.05, 3.63) is 115 Å². The fourth-order valence-electron chi connectivity index (χ4n) is 6.35. The van der Waals surface area contributed by atoms with Gasteiger partial charge >= 0.3 is 6.03 Å². The number of aromatic hydroxyl groups is 2. The van der Waals surface area contributed by atoms with E-state index in [4.69, 9.17) is 5.73 Å². The zero-order chi connectivity index (χ0) is 47.9. The highest BCUT2D eigenvalue weighted by molar-refractivity contribution is 7.86. The van der Waals surface area contributed by atoms with E-state index >= 15 is 0 Å². The summed E-state index contributed by atoms with van der Waals surface area (Å²) >= 11 is 0. The number of nitrogens with two attached hydrogens (primary N) is 1. The zero-order valence-electron chi connectivity index (χ0n) is 32.8. The monoisotopic (exact) mass is 978 g/mol. The van der Waals surface area contributed by atoms with Crippen LogP contribution in [0.5, 0.6) is 11.5 Å². The van der Waals surface area contributed by atoms with Gasteiger partial charge in [-0.3, -0.25) is 18.2 Å². The highest BCUT2D eigenvalue weighted by Gasteiger charge is 2.24. The predicted octanol–water partition coefficient (Wildman–Crippen LogP) is 8.19. The molecule has 0 radical (unpaired) electrons. The van der Waals surface area contributed by atoms with Crippen LogP contribution in [0.3, 0.4) is 0 Å². The molecule has 0 unspecified atom stereocenters. The molecule has 0 fully saturated rings. The van der Waals surface area contributed by atoms with Crippen molar-refractivity contribution in [3.8, 4) is 11.5 Å². The lowest BCUT2D eigenvalue weighted by molar-refractivity contribution is 0.262. The summed E-state index contributed by atoms with van der Waals surface area (Å²) in [6.45, 7) is 0. The molecular formula is C39H30N8O15S4. The molecule has 0 spiro atoms. The maximum Gasteiger partial charge on any atom is 0.323 e. The number of nitrogen functional groups attached to an aromatic ring is 1. The van der Waals surface area contributed by atoms with Gasteiger partial charge in [-0.05, 0) is 95.7 Å². The van der Waals surface area contributed by atoms with Gasteiger partial charge in [-0.25, -0.2) is 4.79 Å². The third-order valence-electron chi connectivity index (χ3n) is 9.27. The average molecular weight is 979 g/mol. The lowest BCUT2D eigenvalue weighted by atomic mass is 10.1. The Morgan fingerprint density at radius 1 is 0.500 bits per heavy atom. The normalized spacial score (nSPS) is 12.5. The van der Waals surface area contributed by atoms with E-state index in [1.165, 1.54) is 24.3 Å². The number of carbonyl (C=O) groups excluding carboxylic acids is 1. The molecule has 0 heterocycles. The number of para-hydroxylation sites is 1. The Labute approximate surface area is 373 Å². The minimum absolute atomic E-state index is 0.0384. The van der Waals surface area contributed by atoms with Crippen molar-refractivity contribution in [2.45, 2.75) is 19.6 Å². The Hall–Kier alpha value is -7.63. The average Bonchev–Trinajstić information content (AvgIpc) is 3.22. The van der Waals surface area contributed by atoms with Gasteiger partial charge in [0.15, 0.2) is 5.75 Å². The molecule has 0 atom stereocenters. The lowest BCUT2D eigenvalue weighted by Gasteiger charge is -2.12. The van der Waals surface area contributed by atoms with Gasteiger partial charge in [0.2, 0.25) is 0 Å². The van der Waals surface area contributed by atoms with E-state index in [0.717, 1.165) is 54.6 Å². The Kier molecular flexibility index (Phi) is 12.2. The van der Waals surface area contributed by atoms with Gasteiger partial charge < -0.3 is 31.9 Å². The number of rotatable bonds is 12. The number of carbonyl (C=O) groups is 1. The van der Waals surface area contributed by atoms with Crippen LogP contribution in [0, 0.1) is 0 Å². The minimum atomic E-state index is -5.18. The van der Waals surface area contributed by atoms with Crippen molar-refractivity contribution >= 4 is 119 Å². The van der Waals surface area contributed by atoms with Crippen molar-refractivity contribution in [1.82, 2.24) is 0 Å². The third kappa shape index (κ3) is 10.2. The first kappa shape index (κ1) is 46.4. The van der Waals surface area contributed by atoms with Crippen LogP contribution in [0.1, 0.15) is 0 Å². The summed E-state index contributed by atoms with van der Waals surface area (Å²) in [7, 11) is -20.1. The molecular weight excluding hydrogens is 949 g/mol. The quantitative estimate of drug-likeness (QED) is 0.0313. The van der Waals surface area contributed by atoms with E-state index in [2.05, 4.69) is 36.4 Å². The molecule has 0 aliphatic heterocycles. The van der Waals surface area contributed by atoms with Crippen molar-refractivity contribution in [3.63, 3.8) is 0 Å². The van der Waals surface area contributed by atoms with Crippen LogP contribution in [0.2, 0.25) is 0 Å². The molecule has 0 aromatic heterocycles. The fraction of sp³-hybridized carbons (Fsp3) is 0. The van der Waals surface area contributed by atoms with E-state index in [9.17, 15) is 66.9 Å². The number of nitrogens with one attached hydrogen (secondary N) is 3. The van der Waals surface area contributed by atoms with E-state index in [-0.39, 0.29) is 44.3 Å². The molecule has 0 aliphatic rings. The van der Waals surface area contributed by atoms with Gasteiger partial charge in [-0.15, -0.1) is 20.5 Å². The number of urea groups is 1. The molecule has 0 saturated carbocycles. The van der Waals surface area contributed by atoms with Gasteiger partial charge in [0, 0.05) is 34.2 Å². The van der Waals surface area contributed by atoms with E-state index < -0.39 is 94.6 Å². The zero-order valence-corrected chi connectivity index (χ0v) is 36.1. The first-order valence-corrected chi connectivity index (χ1v) is 23.9. The second-order valence-corrected chi connectivity index (χ2v) is 19.4. The summed E-state index contributed by atoms with van der Waals surface area (Å²) < 4.78 is 137. The van der Waals surface area contributed by atoms with Gasteiger partial charge in [0.25, 0.3) is 40.5 Å². The number of benzene rings is 7. The molecule has 27 heteroatoms. The smallest absolute Gasteiger partial charge is 0.323 e. The summed E-state index contributed by atoms with van der Waals surface area (Å²) in [5.41, 5.74) is 4.29. The maximum absolute atomic E-state index is 13.0. The molecule has 0 bridgehead atoms. The summed E-state index contributed by atoms with van der Waals surface area (Å²) in [5.74, 6) is -1.45. The van der Waals surface area contributed by atoms with Gasteiger partial charge in [0.05, 0.1) is 16.0 Å². The molecule has 7 aromatic rings. The molecule has 340 valence electrons. The summed E-state index contributed by atoms with van der Waals surface area (Å²) in [6, 6.07) is 23.1. The third-order valence-corrected chi connectivity index (χ3v) is 12.7. The van der Waals surface area contributed by atoms with Crippen LogP contribution in [-0.2, 0) is 40.5 Å². The first-order valence-electron chi connectivity index (χ1n) is 18.1. The predicted molar refractivity (Wildman–Crippen MR) is 238 cm³/mol. The summed E-state index contributed by atoms with van der Waals surface area (Å²) in [6.07, 6.45) is 0. The van der Waals surface area contributed by atoms with Crippen LogP contribution in [0.25, 0.3) is 21.5 Å². The summed E-state index contributed by atoms with van der Waals surface area (Å²) in [5, 5.41) is 44.6. The Morgan fingerprint density at radius 2 is 1.05 bits per heavy atom. The highest BCUT2D eigenvalue weighted by atomic mass is 32.2. The van der Waals surface area contributed by atoms with Crippen LogP contribution >= 0.6 is 0 Å². The molecule has 7 aromatic carbocycles. The SMILES string of the molecule is Nc1ccc2cc(S(=O)(=O)O)cc(O)c2c1N=Nc1ccc(NC(=O)Nc2ccc(N=Nc3c(S(=O)(=O)O)cc4cc(Nc5ccccc5)ccc4c3O)c(S(=O)(=O)O)c2)cc1S(=O)(=O)O. The Balaban J connectivity index is 1.14. The number of anilines is 5. The highest BCUT2D eigenvalue weighted by Crippen LogP contribution is 2.44. The fourth-order valence-corrected chi connectivity index (χ4v) is 8.84. The topological polar surface area (TPSA) is 387 Å².